The molecule has 0 spiro atoms. The minimum absolute atomic E-state index is 0.116. The second-order valence-electron chi connectivity index (χ2n) is 3.51. The number of sulfonamides is 1. The summed E-state index contributed by atoms with van der Waals surface area (Å²) in [5.74, 6) is 0.187. The smallest absolute Gasteiger partial charge is 0.259 e. The first-order valence-electron chi connectivity index (χ1n) is 4.18. The van der Waals surface area contributed by atoms with Gasteiger partial charge in [-0.2, -0.15) is 12.6 Å². The van der Waals surface area contributed by atoms with Crippen LogP contribution in [0.15, 0.2) is 12.2 Å². The van der Waals surface area contributed by atoms with Gasteiger partial charge >= 0.3 is 0 Å². The fourth-order valence-electron chi connectivity index (χ4n) is 1.18. The number of carbonyl (C=O) groups excluding carboxylic acids is 1. The van der Waals surface area contributed by atoms with Gasteiger partial charge in [0, 0.05) is 5.75 Å². The molecule has 0 aromatic heterocycles. The van der Waals surface area contributed by atoms with E-state index >= 15 is 0 Å². The first-order chi connectivity index (χ1) is 6.35. The van der Waals surface area contributed by atoms with Gasteiger partial charge in [0.05, 0.1) is 6.54 Å². The topological polar surface area (TPSA) is 54.5 Å². The van der Waals surface area contributed by atoms with Gasteiger partial charge in [-0.25, -0.2) is 12.7 Å². The van der Waals surface area contributed by atoms with E-state index in [1.807, 2.05) is 0 Å². The lowest BCUT2D eigenvalue weighted by Gasteiger charge is -2.42. The van der Waals surface area contributed by atoms with Crippen LogP contribution in [0.2, 0.25) is 0 Å². The number of rotatable bonds is 3. The van der Waals surface area contributed by atoms with E-state index in [-0.39, 0.29) is 12.5 Å². The molecular weight excluding hydrogens is 222 g/mol. The molecule has 0 radical (unpaired) electrons. The van der Waals surface area contributed by atoms with Crippen molar-refractivity contribution in [1.29, 1.82) is 0 Å². The molecule has 1 amide bonds. The summed E-state index contributed by atoms with van der Waals surface area (Å²) in [5.41, 5.74) is 0. The molecule has 80 valence electrons. The largest absolute Gasteiger partial charge is 0.272 e. The maximum Gasteiger partial charge on any atom is 0.259 e. The van der Waals surface area contributed by atoms with Gasteiger partial charge in [0.15, 0.2) is 4.75 Å². The van der Waals surface area contributed by atoms with Crippen molar-refractivity contribution in [2.45, 2.75) is 18.6 Å². The van der Waals surface area contributed by atoms with Crippen LogP contribution in [0.5, 0.6) is 0 Å². The van der Waals surface area contributed by atoms with Crippen molar-refractivity contribution in [2.24, 2.45) is 0 Å². The molecule has 1 fully saturated rings. The molecule has 0 bridgehead atoms. The average Bonchev–Trinajstić information content (AvgIpc) is 2.11. The molecule has 0 aromatic carbocycles. The monoisotopic (exact) mass is 235 g/mol. The molecule has 1 saturated heterocycles. The predicted octanol–water partition coefficient (Wildman–Crippen LogP) is 0.423. The lowest BCUT2D eigenvalue weighted by atomic mass is 10.2. The fraction of sp³-hybridized carbons (Fsp3) is 0.625. The van der Waals surface area contributed by atoms with Crippen LogP contribution >= 0.6 is 12.6 Å². The Morgan fingerprint density at radius 3 is 2.43 bits per heavy atom. The molecule has 0 N–H and O–H groups in total. The lowest BCUT2D eigenvalue weighted by molar-refractivity contribution is -0.131. The zero-order chi connectivity index (χ0) is 11.0. The van der Waals surface area contributed by atoms with Crippen molar-refractivity contribution < 1.29 is 13.2 Å². The van der Waals surface area contributed by atoms with Crippen molar-refractivity contribution in [1.82, 2.24) is 4.31 Å². The van der Waals surface area contributed by atoms with E-state index in [1.165, 1.54) is 13.8 Å². The SMILES string of the molecule is CC1(C)C(=O)N(CC=CCS)S1(=O)=O. The van der Waals surface area contributed by atoms with Crippen molar-refractivity contribution in [3.63, 3.8) is 0 Å². The van der Waals surface area contributed by atoms with Gasteiger partial charge in [0.25, 0.3) is 15.9 Å². The van der Waals surface area contributed by atoms with E-state index in [0.717, 1.165) is 4.31 Å². The van der Waals surface area contributed by atoms with E-state index in [1.54, 1.807) is 12.2 Å². The third-order valence-electron chi connectivity index (χ3n) is 2.22. The molecule has 1 aliphatic heterocycles. The standard InChI is InChI=1S/C8H13NO3S2/c1-8(2)7(10)9(14(8,11)12)5-3-4-6-13/h3-4,13H,5-6H2,1-2H3. The lowest BCUT2D eigenvalue weighted by Crippen LogP contribution is -2.67. The highest BCUT2D eigenvalue weighted by Crippen LogP contribution is 2.34. The Balaban J connectivity index is 2.77. The van der Waals surface area contributed by atoms with Gasteiger partial charge in [-0.15, -0.1) is 0 Å². The van der Waals surface area contributed by atoms with Crippen LogP contribution in [-0.2, 0) is 14.8 Å². The molecule has 0 aliphatic carbocycles. The molecule has 1 heterocycles. The van der Waals surface area contributed by atoms with Crippen LogP contribution in [0.1, 0.15) is 13.8 Å². The average molecular weight is 235 g/mol. The third-order valence-corrected chi connectivity index (χ3v) is 4.79. The van der Waals surface area contributed by atoms with E-state index in [4.69, 9.17) is 0 Å². The summed E-state index contributed by atoms with van der Waals surface area (Å²) >= 11 is 3.93. The Morgan fingerprint density at radius 1 is 1.43 bits per heavy atom. The summed E-state index contributed by atoms with van der Waals surface area (Å²) in [6.07, 6.45) is 3.33. The molecular formula is C8H13NO3S2. The van der Waals surface area contributed by atoms with E-state index < -0.39 is 14.8 Å². The summed E-state index contributed by atoms with van der Waals surface area (Å²) in [5, 5.41) is 0. The Kier molecular flexibility index (Phi) is 2.96. The number of amides is 1. The Labute approximate surface area is 89.4 Å². The predicted molar refractivity (Wildman–Crippen MR) is 57.7 cm³/mol. The van der Waals surface area contributed by atoms with Crippen molar-refractivity contribution in [2.75, 3.05) is 12.3 Å². The van der Waals surface area contributed by atoms with Gasteiger partial charge in [-0.3, -0.25) is 4.79 Å². The van der Waals surface area contributed by atoms with E-state index in [0.29, 0.717) is 5.75 Å². The van der Waals surface area contributed by atoms with E-state index in [9.17, 15) is 13.2 Å². The molecule has 0 aromatic rings. The molecule has 0 atom stereocenters. The molecule has 4 nitrogen and oxygen atoms in total. The number of nitrogens with zero attached hydrogens (tertiary/aromatic N) is 1. The molecule has 14 heavy (non-hydrogen) atoms. The Morgan fingerprint density at radius 2 is 2.00 bits per heavy atom. The zero-order valence-electron chi connectivity index (χ0n) is 8.10. The Bertz CT molecular complexity index is 370. The van der Waals surface area contributed by atoms with E-state index in [2.05, 4.69) is 12.6 Å². The highest BCUT2D eigenvalue weighted by atomic mass is 32.2. The highest BCUT2D eigenvalue weighted by molar-refractivity contribution is 7.94. The molecule has 0 saturated carbocycles. The van der Waals surface area contributed by atoms with Crippen molar-refractivity contribution in [3.8, 4) is 0 Å². The van der Waals surface area contributed by atoms with Gasteiger partial charge in [-0.05, 0) is 13.8 Å². The van der Waals surface area contributed by atoms with Crippen LogP contribution in [0.3, 0.4) is 0 Å². The fourth-order valence-corrected chi connectivity index (χ4v) is 2.81. The summed E-state index contributed by atoms with van der Waals surface area (Å²) in [4.78, 5) is 11.4. The van der Waals surface area contributed by atoms with Crippen LogP contribution in [-0.4, -0.2) is 35.7 Å². The second kappa shape index (κ2) is 3.58. The number of thiol groups is 1. The molecule has 1 aliphatic rings. The van der Waals surface area contributed by atoms with Gasteiger partial charge in [0.1, 0.15) is 0 Å². The normalized spacial score (nSPS) is 23.9. The van der Waals surface area contributed by atoms with Crippen LogP contribution in [0.4, 0.5) is 0 Å². The van der Waals surface area contributed by atoms with Crippen LogP contribution < -0.4 is 0 Å². The Hall–Kier alpha value is -0.490. The second-order valence-corrected chi connectivity index (χ2v) is 6.28. The quantitative estimate of drug-likeness (QED) is 0.570. The van der Waals surface area contributed by atoms with Gasteiger partial charge in [0.2, 0.25) is 0 Å². The molecule has 6 heteroatoms. The first-order valence-corrected chi connectivity index (χ1v) is 6.25. The van der Waals surface area contributed by atoms with Crippen LogP contribution in [0.25, 0.3) is 0 Å². The van der Waals surface area contributed by atoms with Crippen molar-refractivity contribution in [3.05, 3.63) is 12.2 Å². The van der Waals surface area contributed by atoms with Gasteiger partial charge < -0.3 is 0 Å². The van der Waals surface area contributed by atoms with Crippen LogP contribution in [0, 0.1) is 0 Å². The number of carbonyl (C=O) groups is 1. The summed E-state index contributed by atoms with van der Waals surface area (Å²) in [6, 6.07) is 0. The maximum absolute atomic E-state index is 11.5. The summed E-state index contributed by atoms with van der Waals surface area (Å²) in [7, 11) is -3.42. The first kappa shape index (κ1) is 11.6. The number of hydrogen-bond acceptors (Lipinski definition) is 4. The zero-order valence-corrected chi connectivity index (χ0v) is 9.81. The third kappa shape index (κ3) is 1.46. The summed E-state index contributed by atoms with van der Waals surface area (Å²) in [6.45, 7) is 2.96. The van der Waals surface area contributed by atoms with Crippen molar-refractivity contribution >= 4 is 28.6 Å². The minimum Gasteiger partial charge on any atom is -0.272 e. The molecule has 0 unspecified atom stereocenters. The highest BCUT2D eigenvalue weighted by Gasteiger charge is 2.59. The van der Waals surface area contributed by atoms with Gasteiger partial charge in [-0.1, -0.05) is 12.2 Å². The maximum atomic E-state index is 11.5. The molecule has 1 rings (SSSR count). The minimum atomic E-state index is -3.42. The number of hydrogen-bond donors (Lipinski definition) is 1. The summed E-state index contributed by atoms with van der Waals surface area (Å²) < 4.78 is 22.7.